The first-order chi connectivity index (χ1) is 10.5. The van der Waals surface area contributed by atoms with E-state index in [1.54, 1.807) is 18.3 Å². The van der Waals surface area contributed by atoms with Crippen molar-refractivity contribution in [2.24, 2.45) is 5.92 Å². The predicted molar refractivity (Wildman–Crippen MR) is 86.0 cm³/mol. The highest BCUT2D eigenvalue weighted by atomic mass is 16.5. The highest BCUT2D eigenvalue weighted by Crippen LogP contribution is 2.32. The molecule has 1 aliphatic carbocycles. The third kappa shape index (κ3) is 3.03. The minimum Gasteiger partial charge on any atom is -0.457 e. The van der Waals surface area contributed by atoms with Crippen molar-refractivity contribution < 1.29 is 9.53 Å². The van der Waals surface area contributed by atoms with Gasteiger partial charge in [0, 0.05) is 23.9 Å². The smallest absolute Gasteiger partial charge is 0.228 e. The molecule has 0 bridgehead atoms. The number of nitrogens with two attached hydrogens (primary N) is 1. The number of nitrogens with zero attached hydrogens (tertiary/aromatic N) is 1. The van der Waals surface area contributed by atoms with Gasteiger partial charge in [0.15, 0.2) is 0 Å². The van der Waals surface area contributed by atoms with Crippen LogP contribution < -0.4 is 15.8 Å². The Morgan fingerprint density at radius 3 is 2.77 bits per heavy atom. The Balaban J connectivity index is 1.78. The number of pyridine rings is 1. The zero-order valence-corrected chi connectivity index (χ0v) is 12.7. The van der Waals surface area contributed by atoms with Gasteiger partial charge < -0.3 is 15.8 Å². The summed E-state index contributed by atoms with van der Waals surface area (Å²) in [7, 11) is 0. The fourth-order valence-electron chi connectivity index (χ4n) is 2.17. The summed E-state index contributed by atoms with van der Waals surface area (Å²) in [5.74, 6) is 2.07. The van der Waals surface area contributed by atoms with Gasteiger partial charge in [-0.25, -0.2) is 4.98 Å². The van der Waals surface area contributed by atoms with Crippen LogP contribution in [0.1, 0.15) is 24.0 Å². The molecule has 1 heterocycles. The Hall–Kier alpha value is -2.56. The fraction of sp³-hybridized carbons (Fsp3) is 0.294. The Kier molecular flexibility index (Phi) is 3.71. The van der Waals surface area contributed by atoms with Gasteiger partial charge in [0.2, 0.25) is 5.91 Å². The molecule has 3 rings (SSSR count). The molecule has 0 saturated heterocycles. The summed E-state index contributed by atoms with van der Waals surface area (Å²) in [4.78, 5) is 15.9. The van der Waals surface area contributed by atoms with Crippen LogP contribution in [0.2, 0.25) is 0 Å². The fourth-order valence-corrected chi connectivity index (χ4v) is 2.17. The summed E-state index contributed by atoms with van der Waals surface area (Å²) >= 11 is 0. The monoisotopic (exact) mass is 297 g/mol. The molecule has 0 radical (unpaired) electrons. The van der Waals surface area contributed by atoms with Gasteiger partial charge in [-0.2, -0.15) is 0 Å². The molecule has 0 atom stereocenters. The number of aromatic nitrogens is 1. The molecule has 5 nitrogen and oxygen atoms in total. The van der Waals surface area contributed by atoms with E-state index in [-0.39, 0.29) is 11.8 Å². The quantitative estimate of drug-likeness (QED) is 0.848. The molecule has 22 heavy (non-hydrogen) atoms. The molecule has 1 saturated carbocycles. The molecule has 1 amide bonds. The van der Waals surface area contributed by atoms with Crippen LogP contribution in [0.4, 0.5) is 11.5 Å². The van der Waals surface area contributed by atoms with Crippen LogP contribution in [-0.4, -0.2) is 10.9 Å². The van der Waals surface area contributed by atoms with Gasteiger partial charge in [0.05, 0.1) is 0 Å². The largest absolute Gasteiger partial charge is 0.457 e. The van der Waals surface area contributed by atoms with Gasteiger partial charge in [0.25, 0.3) is 0 Å². The number of benzene rings is 1. The molecule has 1 fully saturated rings. The summed E-state index contributed by atoms with van der Waals surface area (Å²) in [5.41, 5.74) is 8.64. The van der Waals surface area contributed by atoms with Crippen molar-refractivity contribution in [1.82, 2.24) is 4.98 Å². The summed E-state index contributed by atoms with van der Waals surface area (Å²) in [6, 6.07) is 7.17. The predicted octanol–water partition coefficient (Wildman–Crippen LogP) is 3.42. The standard InChI is InChI=1S/C17H19N3O2/c1-10-11(2)15(6-5-14(10)18)22-13-7-8-19-16(9-13)20-17(21)12-3-4-12/h5-9,12H,3-4,18H2,1-2H3,(H,19,20,21). The second kappa shape index (κ2) is 5.67. The molecule has 114 valence electrons. The number of amides is 1. The molecule has 0 spiro atoms. The van der Waals surface area contributed by atoms with E-state index in [1.807, 2.05) is 26.0 Å². The molecular formula is C17H19N3O2. The number of hydrogen-bond acceptors (Lipinski definition) is 4. The molecular weight excluding hydrogens is 278 g/mol. The summed E-state index contributed by atoms with van der Waals surface area (Å²) in [6.07, 6.45) is 3.55. The number of anilines is 2. The lowest BCUT2D eigenvalue weighted by molar-refractivity contribution is -0.117. The minimum absolute atomic E-state index is 0.0316. The summed E-state index contributed by atoms with van der Waals surface area (Å²) in [5, 5.41) is 2.82. The number of nitrogen functional groups attached to an aromatic ring is 1. The van der Waals surface area contributed by atoms with E-state index in [4.69, 9.17) is 10.5 Å². The van der Waals surface area contributed by atoms with Crippen LogP contribution in [-0.2, 0) is 4.79 Å². The third-order valence-corrected chi connectivity index (χ3v) is 3.94. The van der Waals surface area contributed by atoms with Crippen LogP contribution >= 0.6 is 0 Å². The van der Waals surface area contributed by atoms with Crippen LogP contribution in [0.5, 0.6) is 11.5 Å². The van der Waals surface area contributed by atoms with E-state index >= 15 is 0 Å². The van der Waals surface area contributed by atoms with Crippen LogP contribution in [0, 0.1) is 19.8 Å². The highest BCUT2D eigenvalue weighted by Gasteiger charge is 2.29. The lowest BCUT2D eigenvalue weighted by Gasteiger charge is -2.13. The number of carbonyl (C=O) groups is 1. The van der Waals surface area contributed by atoms with E-state index in [9.17, 15) is 4.79 Å². The average Bonchev–Trinajstić information content (AvgIpc) is 3.33. The normalized spacial score (nSPS) is 13.7. The van der Waals surface area contributed by atoms with Crippen LogP contribution in [0.15, 0.2) is 30.5 Å². The molecule has 3 N–H and O–H groups in total. The van der Waals surface area contributed by atoms with Gasteiger partial charge >= 0.3 is 0 Å². The maximum Gasteiger partial charge on any atom is 0.228 e. The van der Waals surface area contributed by atoms with Crippen molar-refractivity contribution in [3.05, 3.63) is 41.6 Å². The number of ether oxygens (including phenoxy) is 1. The zero-order chi connectivity index (χ0) is 15.7. The Bertz CT molecular complexity index is 724. The molecule has 0 aliphatic heterocycles. The minimum atomic E-state index is 0.0316. The third-order valence-electron chi connectivity index (χ3n) is 3.94. The molecule has 1 aliphatic rings. The van der Waals surface area contributed by atoms with Crippen molar-refractivity contribution in [3.63, 3.8) is 0 Å². The maximum atomic E-state index is 11.8. The van der Waals surface area contributed by atoms with Crippen molar-refractivity contribution in [3.8, 4) is 11.5 Å². The van der Waals surface area contributed by atoms with E-state index in [0.29, 0.717) is 11.6 Å². The Morgan fingerprint density at radius 2 is 2.05 bits per heavy atom. The molecule has 1 aromatic heterocycles. The van der Waals surface area contributed by atoms with Crippen LogP contribution in [0.3, 0.4) is 0 Å². The lowest BCUT2D eigenvalue weighted by atomic mass is 10.1. The SMILES string of the molecule is Cc1c(N)ccc(Oc2ccnc(NC(=O)C3CC3)c2)c1C. The van der Waals surface area contributed by atoms with Crippen molar-refractivity contribution in [1.29, 1.82) is 0 Å². The van der Waals surface area contributed by atoms with Gasteiger partial charge in [-0.1, -0.05) is 0 Å². The van der Waals surface area contributed by atoms with E-state index in [1.165, 1.54) is 0 Å². The second-order valence-electron chi connectivity index (χ2n) is 5.65. The number of rotatable bonds is 4. The van der Waals surface area contributed by atoms with Crippen LogP contribution in [0.25, 0.3) is 0 Å². The highest BCUT2D eigenvalue weighted by molar-refractivity contribution is 5.93. The number of nitrogens with one attached hydrogen (secondary N) is 1. The topological polar surface area (TPSA) is 77.2 Å². The van der Waals surface area contributed by atoms with Crippen molar-refractivity contribution >= 4 is 17.4 Å². The van der Waals surface area contributed by atoms with Gasteiger partial charge in [-0.3, -0.25) is 4.79 Å². The Morgan fingerprint density at radius 1 is 1.27 bits per heavy atom. The van der Waals surface area contributed by atoms with Gasteiger partial charge in [0.1, 0.15) is 17.3 Å². The zero-order valence-electron chi connectivity index (χ0n) is 12.7. The lowest BCUT2D eigenvalue weighted by Crippen LogP contribution is -2.14. The first-order valence-electron chi connectivity index (χ1n) is 7.35. The average molecular weight is 297 g/mol. The first kappa shape index (κ1) is 14.4. The van der Waals surface area contributed by atoms with E-state index in [2.05, 4.69) is 10.3 Å². The Labute approximate surface area is 129 Å². The van der Waals surface area contributed by atoms with Gasteiger partial charge in [-0.15, -0.1) is 0 Å². The summed E-state index contributed by atoms with van der Waals surface area (Å²) < 4.78 is 5.90. The molecule has 1 aromatic carbocycles. The first-order valence-corrected chi connectivity index (χ1v) is 7.35. The summed E-state index contributed by atoms with van der Waals surface area (Å²) in [6.45, 7) is 3.93. The second-order valence-corrected chi connectivity index (χ2v) is 5.65. The van der Waals surface area contributed by atoms with Gasteiger partial charge in [-0.05, 0) is 56.0 Å². The van der Waals surface area contributed by atoms with Crippen molar-refractivity contribution in [2.45, 2.75) is 26.7 Å². The molecule has 2 aromatic rings. The maximum absolute atomic E-state index is 11.8. The molecule has 5 heteroatoms. The number of carbonyl (C=O) groups excluding carboxylic acids is 1. The molecule has 0 unspecified atom stereocenters. The van der Waals surface area contributed by atoms with Crippen molar-refractivity contribution in [2.75, 3.05) is 11.1 Å². The number of hydrogen-bond donors (Lipinski definition) is 2. The van der Waals surface area contributed by atoms with E-state index < -0.39 is 0 Å². The van der Waals surface area contributed by atoms with E-state index in [0.717, 1.165) is 35.4 Å².